The van der Waals surface area contributed by atoms with Crippen LogP contribution in [0.2, 0.25) is 0 Å². The van der Waals surface area contributed by atoms with E-state index in [1.807, 2.05) is 0 Å². The van der Waals surface area contributed by atoms with Crippen LogP contribution in [-0.4, -0.2) is 23.7 Å². The summed E-state index contributed by atoms with van der Waals surface area (Å²) in [5.41, 5.74) is 1.58. The van der Waals surface area contributed by atoms with E-state index in [1.54, 1.807) is 0 Å². The topological polar surface area (TPSA) is 63.6 Å². The molecule has 26 heavy (non-hydrogen) atoms. The summed E-state index contributed by atoms with van der Waals surface area (Å²) in [5, 5.41) is 9.06. The van der Waals surface area contributed by atoms with Crippen molar-refractivity contribution < 1.29 is 19.4 Å². The highest BCUT2D eigenvalue weighted by molar-refractivity contribution is 5.67. The number of ether oxygens (including phenoxy) is 1. The van der Waals surface area contributed by atoms with E-state index in [1.165, 1.54) is 25.3 Å². The molecular formula is C22H36O4. The van der Waals surface area contributed by atoms with Gasteiger partial charge in [0.1, 0.15) is 6.61 Å². The van der Waals surface area contributed by atoms with E-state index in [9.17, 15) is 9.59 Å². The first-order chi connectivity index (χ1) is 12.1. The molecule has 0 saturated heterocycles. The lowest BCUT2D eigenvalue weighted by Crippen LogP contribution is -2.50. The first-order valence-electron chi connectivity index (χ1n) is 10.1. The number of allylic oxidation sites excluding steroid dienone is 1. The Morgan fingerprint density at radius 1 is 1.35 bits per heavy atom. The van der Waals surface area contributed by atoms with Crippen molar-refractivity contribution in [1.29, 1.82) is 0 Å². The maximum absolute atomic E-state index is 11.3. The lowest BCUT2D eigenvalue weighted by Gasteiger charge is -2.58. The second kappa shape index (κ2) is 8.14. The van der Waals surface area contributed by atoms with Crippen LogP contribution < -0.4 is 0 Å². The van der Waals surface area contributed by atoms with E-state index in [2.05, 4.69) is 33.8 Å². The van der Waals surface area contributed by atoms with Crippen molar-refractivity contribution in [3.05, 3.63) is 11.6 Å². The third-order valence-corrected chi connectivity index (χ3v) is 7.50. The van der Waals surface area contributed by atoms with Gasteiger partial charge in [0.05, 0.1) is 0 Å². The Hall–Kier alpha value is -1.32. The lowest BCUT2D eigenvalue weighted by molar-refractivity contribution is -0.141. The molecule has 4 heteroatoms. The van der Waals surface area contributed by atoms with Crippen molar-refractivity contribution in [1.82, 2.24) is 0 Å². The SMILES string of the molecule is CC(=O)OCC1=CCC[C@H]2[C@@](C)(CC[C@@H](C)CC(=O)O)[C@H](C)CC[C@]12C. The highest BCUT2D eigenvalue weighted by atomic mass is 16.5. The number of rotatable bonds is 7. The molecule has 0 bridgehead atoms. The fourth-order valence-corrected chi connectivity index (χ4v) is 5.56. The third kappa shape index (κ3) is 4.32. The van der Waals surface area contributed by atoms with Crippen LogP contribution in [0.3, 0.4) is 0 Å². The minimum atomic E-state index is -0.701. The Morgan fingerprint density at radius 3 is 2.65 bits per heavy atom. The number of carbonyl (C=O) groups is 2. The van der Waals surface area contributed by atoms with Gasteiger partial charge in [-0.1, -0.05) is 33.8 Å². The minimum Gasteiger partial charge on any atom is -0.481 e. The third-order valence-electron chi connectivity index (χ3n) is 7.50. The molecular weight excluding hydrogens is 328 g/mol. The molecule has 0 aliphatic heterocycles. The Labute approximate surface area is 158 Å². The minimum absolute atomic E-state index is 0.0883. The predicted octanol–water partition coefficient (Wildman–Crippen LogP) is 5.22. The standard InChI is InChI=1S/C22H36O4/c1-15(13-20(24)25)9-11-21(4)16(2)10-12-22(5)18(14-26-17(3)23)7-6-8-19(21)22/h7,15-16,19H,6,8-14H2,1-5H3,(H,24,25)/t15-,16-,19+,21+,22-/m1/s1. The number of carboxylic acids is 1. The van der Waals surface area contributed by atoms with Gasteiger partial charge >= 0.3 is 11.9 Å². The summed E-state index contributed by atoms with van der Waals surface area (Å²) >= 11 is 0. The zero-order valence-corrected chi connectivity index (χ0v) is 17.1. The Kier molecular flexibility index (Phi) is 6.57. The molecule has 0 aromatic heterocycles. The van der Waals surface area contributed by atoms with Gasteiger partial charge in [-0.2, -0.15) is 0 Å². The van der Waals surface area contributed by atoms with Gasteiger partial charge in [0.25, 0.3) is 0 Å². The summed E-state index contributed by atoms with van der Waals surface area (Å²) in [5.74, 6) is 0.487. The normalized spacial score (nSPS) is 35.2. The molecule has 0 heterocycles. The maximum Gasteiger partial charge on any atom is 0.303 e. The molecule has 2 aliphatic rings. The molecule has 2 rings (SSSR count). The van der Waals surface area contributed by atoms with Crippen molar-refractivity contribution in [2.45, 2.75) is 79.6 Å². The Bertz CT molecular complexity index is 566. The van der Waals surface area contributed by atoms with Gasteiger partial charge in [-0.25, -0.2) is 0 Å². The number of fused-ring (bicyclic) bond motifs is 1. The summed E-state index contributed by atoms with van der Waals surface area (Å²) in [6.07, 6.45) is 9.12. The zero-order valence-electron chi connectivity index (χ0n) is 17.1. The molecule has 1 N–H and O–H groups in total. The Morgan fingerprint density at radius 2 is 2.04 bits per heavy atom. The van der Waals surface area contributed by atoms with Crippen molar-refractivity contribution in [2.24, 2.45) is 28.6 Å². The summed E-state index contributed by atoms with van der Waals surface area (Å²) in [4.78, 5) is 22.3. The summed E-state index contributed by atoms with van der Waals surface area (Å²) in [6.45, 7) is 11.1. The summed E-state index contributed by atoms with van der Waals surface area (Å²) in [6, 6.07) is 0. The Balaban J connectivity index is 2.18. The molecule has 0 aromatic carbocycles. The molecule has 0 radical (unpaired) electrons. The van der Waals surface area contributed by atoms with Gasteiger partial charge < -0.3 is 9.84 Å². The molecule has 4 nitrogen and oxygen atoms in total. The highest BCUT2D eigenvalue weighted by Crippen LogP contribution is 2.62. The smallest absolute Gasteiger partial charge is 0.303 e. The number of hydrogen-bond donors (Lipinski definition) is 1. The fraction of sp³-hybridized carbons (Fsp3) is 0.818. The van der Waals surface area contributed by atoms with E-state index in [0.29, 0.717) is 18.4 Å². The zero-order chi connectivity index (χ0) is 19.5. The summed E-state index contributed by atoms with van der Waals surface area (Å²) < 4.78 is 5.36. The fourth-order valence-electron chi connectivity index (χ4n) is 5.56. The van der Waals surface area contributed by atoms with Crippen LogP contribution >= 0.6 is 0 Å². The van der Waals surface area contributed by atoms with Gasteiger partial charge in [-0.3, -0.25) is 9.59 Å². The molecule has 5 atom stereocenters. The van der Waals surface area contributed by atoms with Crippen LogP contribution in [0.25, 0.3) is 0 Å². The van der Waals surface area contributed by atoms with Gasteiger partial charge in [0, 0.05) is 13.3 Å². The van der Waals surface area contributed by atoms with E-state index in [4.69, 9.17) is 9.84 Å². The molecule has 1 fully saturated rings. The van der Waals surface area contributed by atoms with Crippen molar-refractivity contribution in [3.8, 4) is 0 Å². The predicted molar refractivity (Wildman–Crippen MR) is 103 cm³/mol. The first-order valence-corrected chi connectivity index (χ1v) is 10.1. The average Bonchev–Trinajstić information content (AvgIpc) is 2.55. The van der Waals surface area contributed by atoms with Gasteiger partial charge in [0.2, 0.25) is 0 Å². The molecule has 0 unspecified atom stereocenters. The monoisotopic (exact) mass is 364 g/mol. The quantitative estimate of drug-likeness (QED) is 0.497. The van der Waals surface area contributed by atoms with E-state index in [-0.39, 0.29) is 29.1 Å². The second-order valence-corrected chi connectivity index (χ2v) is 9.24. The van der Waals surface area contributed by atoms with Gasteiger partial charge in [0.15, 0.2) is 0 Å². The van der Waals surface area contributed by atoms with Crippen molar-refractivity contribution in [2.75, 3.05) is 6.61 Å². The van der Waals surface area contributed by atoms with Crippen LogP contribution in [-0.2, 0) is 14.3 Å². The second-order valence-electron chi connectivity index (χ2n) is 9.24. The van der Waals surface area contributed by atoms with Gasteiger partial charge in [-0.05, 0) is 72.7 Å². The number of carboxylic acid groups (broad SMARTS) is 1. The van der Waals surface area contributed by atoms with Crippen LogP contribution in [0.1, 0.15) is 79.6 Å². The molecule has 0 spiro atoms. The van der Waals surface area contributed by atoms with Gasteiger partial charge in [-0.15, -0.1) is 0 Å². The lowest BCUT2D eigenvalue weighted by atomic mass is 9.46. The average molecular weight is 365 g/mol. The number of hydrogen-bond acceptors (Lipinski definition) is 3. The molecule has 0 amide bonds. The van der Waals surface area contributed by atoms with Crippen LogP contribution in [0, 0.1) is 28.6 Å². The molecule has 148 valence electrons. The van der Waals surface area contributed by atoms with Crippen LogP contribution in [0.5, 0.6) is 0 Å². The molecule has 2 aliphatic carbocycles. The first kappa shape index (κ1) is 21.0. The number of esters is 1. The van der Waals surface area contributed by atoms with Crippen molar-refractivity contribution >= 4 is 11.9 Å². The molecule has 1 saturated carbocycles. The highest BCUT2D eigenvalue weighted by Gasteiger charge is 2.53. The summed E-state index contributed by atoms with van der Waals surface area (Å²) in [7, 11) is 0. The van der Waals surface area contributed by atoms with Crippen molar-refractivity contribution in [3.63, 3.8) is 0 Å². The van der Waals surface area contributed by atoms with E-state index in [0.717, 1.165) is 25.7 Å². The van der Waals surface area contributed by atoms with Crippen LogP contribution in [0.15, 0.2) is 11.6 Å². The number of aliphatic carboxylic acids is 1. The van der Waals surface area contributed by atoms with Crippen LogP contribution in [0.4, 0.5) is 0 Å². The maximum atomic E-state index is 11.3. The number of carbonyl (C=O) groups excluding carboxylic acids is 1. The molecule has 0 aromatic rings. The largest absolute Gasteiger partial charge is 0.481 e. The van der Waals surface area contributed by atoms with E-state index >= 15 is 0 Å². The van der Waals surface area contributed by atoms with E-state index < -0.39 is 5.97 Å².